The van der Waals surface area contributed by atoms with E-state index in [-0.39, 0.29) is 11.8 Å². The molecule has 0 atom stereocenters. The number of hydrogen-bond donors (Lipinski definition) is 2. The number of carbonyl (C=O) groups excluding carboxylic acids is 1. The molecule has 2 aromatic heterocycles. The molecule has 1 saturated heterocycles. The number of hydrogen-bond acceptors (Lipinski definition) is 6. The van der Waals surface area contributed by atoms with E-state index in [0.29, 0.717) is 5.92 Å². The van der Waals surface area contributed by atoms with Crippen molar-refractivity contribution >= 4 is 22.9 Å². The summed E-state index contributed by atoms with van der Waals surface area (Å²) < 4.78 is 0. The predicted molar refractivity (Wildman–Crippen MR) is 117 cm³/mol. The zero-order chi connectivity index (χ0) is 20.5. The number of amides is 1. The zero-order valence-corrected chi connectivity index (χ0v) is 17.9. The van der Waals surface area contributed by atoms with Gasteiger partial charge in [-0.1, -0.05) is 0 Å². The molecule has 0 radical (unpaired) electrons. The van der Waals surface area contributed by atoms with Crippen LogP contribution in [0.25, 0.3) is 11.4 Å². The van der Waals surface area contributed by atoms with Crippen molar-refractivity contribution in [1.82, 2.24) is 25.1 Å². The third-order valence-corrected chi connectivity index (χ3v) is 6.71. The summed E-state index contributed by atoms with van der Waals surface area (Å²) in [5, 5.41) is 13.7. The highest BCUT2D eigenvalue weighted by Crippen LogP contribution is 2.38. The maximum Gasteiger partial charge on any atom is 0.227 e. The average molecular weight is 423 g/mol. The van der Waals surface area contributed by atoms with Gasteiger partial charge >= 0.3 is 0 Å². The van der Waals surface area contributed by atoms with Gasteiger partial charge in [0.05, 0.1) is 10.7 Å². The standard InChI is InChI=1S/C22H26N6OS/c1-14-23-19(13-30-14)12-28-10-8-17(9-11-28)22(29)24-18-6-4-16(5-7-18)21-25-20(26-27-21)15-2-3-15/h4-7,13,15,17H,2-3,8-12H2,1H3,(H,24,29)(H,25,26,27). The molecule has 2 fully saturated rings. The minimum Gasteiger partial charge on any atom is -0.326 e. The van der Waals surface area contributed by atoms with E-state index in [1.165, 1.54) is 12.8 Å². The van der Waals surface area contributed by atoms with Gasteiger partial charge < -0.3 is 5.32 Å². The fourth-order valence-electron chi connectivity index (χ4n) is 3.95. The molecule has 1 aliphatic carbocycles. The molecule has 1 amide bonds. The second-order valence-corrected chi connectivity index (χ2v) is 9.36. The van der Waals surface area contributed by atoms with Crippen LogP contribution in [-0.2, 0) is 11.3 Å². The van der Waals surface area contributed by atoms with Crippen LogP contribution in [0.4, 0.5) is 5.69 Å². The minimum absolute atomic E-state index is 0.0622. The number of aromatic amines is 1. The molecular formula is C22H26N6OS. The Hall–Kier alpha value is -2.58. The number of likely N-dealkylation sites (tertiary alicyclic amines) is 1. The van der Waals surface area contributed by atoms with E-state index in [0.717, 1.165) is 66.1 Å². The number of aryl methyl sites for hydroxylation is 1. The first kappa shape index (κ1) is 19.4. The summed E-state index contributed by atoms with van der Waals surface area (Å²) in [6.45, 7) is 4.78. The van der Waals surface area contributed by atoms with Crippen molar-refractivity contribution in [3.05, 3.63) is 46.2 Å². The molecule has 7 nitrogen and oxygen atoms in total. The Labute approximate surface area is 179 Å². The first-order valence-electron chi connectivity index (χ1n) is 10.6. The largest absolute Gasteiger partial charge is 0.326 e. The molecule has 156 valence electrons. The maximum atomic E-state index is 12.7. The molecule has 0 bridgehead atoms. The van der Waals surface area contributed by atoms with Gasteiger partial charge in [0.25, 0.3) is 0 Å². The molecule has 2 aliphatic rings. The van der Waals surface area contributed by atoms with E-state index in [1.54, 1.807) is 11.3 Å². The number of anilines is 1. The summed E-state index contributed by atoms with van der Waals surface area (Å²) in [6.07, 6.45) is 4.16. The van der Waals surface area contributed by atoms with Crippen molar-refractivity contribution in [2.24, 2.45) is 5.92 Å². The first-order chi connectivity index (χ1) is 14.6. The van der Waals surface area contributed by atoms with Gasteiger partial charge in [-0.3, -0.25) is 14.8 Å². The summed E-state index contributed by atoms with van der Waals surface area (Å²) in [7, 11) is 0. The minimum atomic E-state index is 0.0622. The van der Waals surface area contributed by atoms with Crippen LogP contribution in [0.2, 0.25) is 0 Å². The van der Waals surface area contributed by atoms with Gasteiger partial charge in [-0.25, -0.2) is 9.97 Å². The summed E-state index contributed by atoms with van der Waals surface area (Å²) in [4.78, 5) is 24.2. The number of aromatic nitrogens is 4. The lowest BCUT2D eigenvalue weighted by Crippen LogP contribution is -2.37. The van der Waals surface area contributed by atoms with Crippen LogP contribution in [-0.4, -0.2) is 44.1 Å². The summed E-state index contributed by atoms with van der Waals surface area (Å²) in [6, 6.07) is 7.79. The van der Waals surface area contributed by atoms with Crippen LogP contribution in [0.3, 0.4) is 0 Å². The van der Waals surface area contributed by atoms with E-state index in [4.69, 9.17) is 0 Å². The van der Waals surface area contributed by atoms with E-state index < -0.39 is 0 Å². The number of H-pyrrole nitrogens is 1. The highest BCUT2D eigenvalue weighted by molar-refractivity contribution is 7.09. The van der Waals surface area contributed by atoms with E-state index in [9.17, 15) is 4.79 Å². The molecule has 3 heterocycles. The number of carbonyl (C=O) groups is 1. The monoisotopic (exact) mass is 422 g/mol. The fourth-order valence-corrected chi connectivity index (χ4v) is 4.56. The molecule has 1 saturated carbocycles. The van der Waals surface area contributed by atoms with Gasteiger partial charge in [0, 0.05) is 35.0 Å². The lowest BCUT2D eigenvalue weighted by Gasteiger charge is -2.30. The number of thiazole rings is 1. The van der Waals surface area contributed by atoms with Gasteiger partial charge in [0.2, 0.25) is 5.91 Å². The van der Waals surface area contributed by atoms with E-state index in [2.05, 4.69) is 35.8 Å². The van der Waals surface area contributed by atoms with Crippen molar-refractivity contribution < 1.29 is 4.79 Å². The smallest absolute Gasteiger partial charge is 0.227 e. The molecule has 30 heavy (non-hydrogen) atoms. The number of piperidine rings is 1. The van der Waals surface area contributed by atoms with Gasteiger partial charge in [0.1, 0.15) is 5.82 Å². The van der Waals surface area contributed by atoms with Crippen molar-refractivity contribution in [2.45, 2.75) is 45.1 Å². The summed E-state index contributed by atoms with van der Waals surface area (Å²) in [5.74, 6) is 2.44. The Balaban J connectivity index is 1.13. The first-order valence-corrected chi connectivity index (χ1v) is 11.5. The SMILES string of the molecule is Cc1nc(CN2CCC(C(=O)Nc3ccc(-c4n[nH]c(C5CC5)n4)cc3)CC2)cs1. The lowest BCUT2D eigenvalue weighted by atomic mass is 9.95. The van der Waals surface area contributed by atoms with Crippen molar-refractivity contribution in [3.63, 3.8) is 0 Å². The Morgan fingerprint density at radius 1 is 1.17 bits per heavy atom. The van der Waals surface area contributed by atoms with E-state index in [1.807, 2.05) is 31.2 Å². The molecule has 2 N–H and O–H groups in total. The van der Waals surface area contributed by atoms with Crippen LogP contribution in [0.1, 0.15) is 48.1 Å². The molecule has 0 spiro atoms. The molecule has 8 heteroatoms. The van der Waals surface area contributed by atoms with Crippen molar-refractivity contribution in [3.8, 4) is 11.4 Å². The van der Waals surface area contributed by atoms with Crippen LogP contribution in [0.15, 0.2) is 29.6 Å². The van der Waals surface area contributed by atoms with Gasteiger partial charge in [-0.15, -0.1) is 11.3 Å². The highest BCUT2D eigenvalue weighted by atomic mass is 32.1. The number of nitrogens with one attached hydrogen (secondary N) is 2. The second-order valence-electron chi connectivity index (χ2n) is 8.29. The van der Waals surface area contributed by atoms with Crippen molar-refractivity contribution in [1.29, 1.82) is 0 Å². The third-order valence-electron chi connectivity index (χ3n) is 5.89. The molecule has 5 rings (SSSR count). The van der Waals surface area contributed by atoms with Crippen molar-refractivity contribution in [2.75, 3.05) is 18.4 Å². The van der Waals surface area contributed by atoms with E-state index >= 15 is 0 Å². The van der Waals surface area contributed by atoms with Gasteiger partial charge in [-0.2, -0.15) is 5.10 Å². The molecule has 0 unspecified atom stereocenters. The number of benzene rings is 1. The molecule has 1 aromatic carbocycles. The zero-order valence-electron chi connectivity index (χ0n) is 17.1. The third kappa shape index (κ3) is 4.44. The quantitative estimate of drug-likeness (QED) is 0.628. The molecular weight excluding hydrogens is 396 g/mol. The Kier molecular flexibility index (Phi) is 5.35. The normalized spacial score (nSPS) is 17.9. The molecule has 3 aromatic rings. The second kappa shape index (κ2) is 8.28. The summed E-state index contributed by atoms with van der Waals surface area (Å²) in [5.41, 5.74) is 2.92. The topological polar surface area (TPSA) is 86.8 Å². The fraction of sp³-hybridized carbons (Fsp3) is 0.455. The van der Waals surface area contributed by atoms with Crippen LogP contribution in [0, 0.1) is 12.8 Å². The lowest BCUT2D eigenvalue weighted by molar-refractivity contribution is -0.121. The molecule has 1 aliphatic heterocycles. The number of nitrogens with zero attached hydrogens (tertiary/aromatic N) is 4. The maximum absolute atomic E-state index is 12.7. The van der Waals surface area contributed by atoms with Crippen LogP contribution >= 0.6 is 11.3 Å². The Morgan fingerprint density at radius 2 is 1.93 bits per heavy atom. The number of rotatable bonds is 6. The highest BCUT2D eigenvalue weighted by Gasteiger charge is 2.27. The Morgan fingerprint density at radius 3 is 2.60 bits per heavy atom. The van der Waals surface area contributed by atoms with Gasteiger partial charge in [0.15, 0.2) is 5.82 Å². The van der Waals surface area contributed by atoms with Crippen LogP contribution < -0.4 is 5.32 Å². The average Bonchev–Trinajstić information content (AvgIpc) is 3.35. The van der Waals surface area contributed by atoms with Gasteiger partial charge in [-0.05, 0) is 70.0 Å². The Bertz CT molecular complexity index is 1010. The van der Waals surface area contributed by atoms with Crippen LogP contribution in [0.5, 0.6) is 0 Å². The predicted octanol–water partition coefficient (Wildman–Crippen LogP) is 3.96. The summed E-state index contributed by atoms with van der Waals surface area (Å²) >= 11 is 1.69.